The summed E-state index contributed by atoms with van der Waals surface area (Å²) in [7, 11) is 0. The van der Waals surface area contributed by atoms with Gasteiger partial charge in [-0.25, -0.2) is 5.43 Å². The zero-order valence-corrected chi connectivity index (χ0v) is 14.3. The van der Waals surface area contributed by atoms with E-state index in [0.717, 1.165) is 10.6 Å². The van der Waals surface area contributed by atoms with Crippen LogP contribution in [0, 0.1) is 0 Å². The van der Waals surface area contributed by atoms with Gasteiger partial charge in [-0.05, 0) is 52.5 Å². The minimum atomic E-state index is -0.326. The summed E-state index contributed by atoms with van der Waals surface area (Å²) in [6.07, 6.45) is 0. The maximum atomic E-state index is 11.7. The number of thiophene rings is 1. The van der Waals surface area contributed by atoms with Crippen molar-refractivity contribution in [2.45, 2.75) is 6.92 Å². The molecule has 0 aliphatic carbocycles. The number of carbonyl (C=O) groups excluding carboxylic acids is 1. The summed E-state index contributed by atoms with van der Waals surface area (Å²) in [5.41, 5.74) is 3.22. The van der Waals surface area contributed by atoms with Crippen LogP contribution < -0.4 is 10.2 Å². The second kappa shape index (κ2) is 7.59. The maximum absolute atomic E-state index is 11.7. The van der Waals surface area contributed by atoms with E-state index in [4.69, 9.17) is 16.3 Å². The van der Waals surface area contributed by atoms with Crippen LogP contribution in [0.4, 0.5) is 0 Å². The van der Waals surface area contributed by atoms with Crippen LogP contribution in [0.3, 0.4) is 0 Å². The first kappa shape index (κ1) is 16.0. The second-order valence-electron chi connectivity index (χ2n) is 4.07. The van der Waals surface area contributed by atoms with E-state index in [1.54, 1.807) is 29.5 Å². The molecule has 4 nitrogen and oxygen atoms in total. The Morgan fingerprint density at radius 1 is 1.48 bits per heavy atom. The molecule has 1 N–H and O–H groups in total. The fraction of sp³-hybridized carbons (Fsp3) is 0.143. The fourth-order valence-electron chi connectivity index (χ4n) is 1.45. The summed E-state index contributed by atoms with van der Waals surface area (Å²) in [6.45, 7) is 1.71. The highest BCUT2D eigenvalue weighted by Crippen LogP contribution is 2.27. The first-order valence-corrected chi connectivity index (χ1v) is 8.06. The van der Waals surface area contributed by atoms with Crippen molar-refractivity contribution < 1.29 is 9.53 Å². The summed E-state index contributed by atoms with van der Waals surface area (Å²) in [5, 5.41) is 6.58. The minimum absolute atomic E-state index is 0.124. The van der Waals surface area contributed by atoms with Gasteiger partial charge in [0.1, 0.15) is 5.75 Å². The summed E-state index contributed by atoms with van der Waals surface area (Å²) in [4.78, 5) is 12.7. The SMILES string of the molecule is C/C(=N\NC(=O)COc1ccc(Cl)cc1Br)c1cccs1. The smallest absolute Gasteiger partial charge is 0.277 e. The molecule has 110 valence electrons. The van der Waals surface area contributed by atoms with E-state index in [-0.39, 0.29) is 12.5 Å². The minimum Gasteiger partial charge on any atom is -0.483 e. The van der Waals surface area contributed by atoms with Gasteiger partial charge < -0.3 is 4.74 Å². The van der Waals surface area contributed by atoms with Crippen molar-refractivity contribution in [1.29, 1.82) is 0 Å². The van der Waals surface area contributed by atoms with Crippen molar-refractivity contribution in [3.8, 4) is 5.75 Å². The van der Waals surface area contributed by atoms with Crippen LogP contribution in [-0.4, -0.2) is 18.2 Å². The lowest BCUT2D eigenvalue weighted by Crippen LogP contribution is -2.25. The molecule has 2 aromatic rings. The third-order valence-corrected chi connectivity index (χ3v) is 4.31. The third kappa shape index (κ3) is 4.84. The average molecular weight is 388 g/mol. The first-order valence-electron chi connectivity index (χ1n) is 6.01. The van der Waals surface area contributed by atoms with Crippen molar-refractivity contribution in [3.63, 3.8) is 0 Å². The number of amides is 1. The van der Waals surface area contributed by atoms with Crippen LogP contribution in [0.15, 0.2) is 45.3 Å². The molecule has 21 heavy (non-hydrogen) atoms. The van der Waals surface area contributed by atoms with E-state index in [1.807, 2.05) is 24.4 Å². The van der Waals surface area contributed by atoms with Gasteiger partial charge in [-0.15, -0.1) is 11.3 Å². The Morgan fingerprint density at radius 2 is 2.29 bits per heavy atom. The van der Waals surface area contributed by atoms with Crippen LogP contribution in [0.5, 0.6) is 5.75 Å². The fourth-order valence-corrected chi connectivity index (χ4v) is 2.93. The van der Waals surface area contributed by atoms with E-state index in [9.17, 15) is 4.79 Å². The molecule has 0 saturated heterocycles. The first-order chi connectivity index (χ1) is 10.1. The lowest BCUT2D eigenvalue weighted by atomic mass is 10.3. The zero-order valence-electron chi connectivity index (χ0n) is 11.1. The number of rotatable bonds is 5. The second-order valence-corrected chi connectivity index (χ2v) is 6.31. The van der Waals surface area contributed by atoms with Crippen LogP contribution in [0.2, 0.25) is 5.02 Å². The van der Waals surface area contributed by atoms with E-state index in [2.05, 4.69) is 26.5 Å². The highest BCUT2D eigenvalue weighted by Gasteiger charge is 2.06. The topological polar surface area (TPSA) is 50.7 Å². The average Bonchev–Trinajstić information content (AvgIpc) is 2.98. The van der Waals surface area contributed by atoms with Gasteiger partial charge in [0.2, 0.25) is 0 Å². The number of halogens is 2. The van der Waals surface area contributed by atoms with Crippen molar-refractivity contribution in [2.24, 2.45) is 5.10 Å². The predicted molar refractivity (Wildman–Crippen MR) is 89.3 cm³/mol. The van der Waals surface area contributed by atoms with E-state index >= 15 is 0 Å². The molecule has 0 radical (unpaired) electrons. The molecule has 0 aliphatic rings. The Morgan fingerprint density at radius 3 is 2.95 bits per heavy atom. The predicted octanol–water partition coefficient (Wildman–Crippen LogP) is 4.08. The summed E-state index contributed by atoms with van der Waals surface area (Å²) in [6, 6.07) is 8.96. The normalized spacial score (nSPS) is 11.3. The highest BCUT2D eigenvalue weighted by atomic mass is 79.9. The number of hydrogen-bond donors (Lipinski definition) is 1. The van der Waals surface area contributed by atoms with Gasteiger partial charge in [0.15, 0.2) is 6.61 Å². The molecule has 1 aromatic carbocycles. The van der Waals surface area contributed by atoms with E-state index in [0.29, 0.717) is 15.2 Å². The Bertz CT molecular complexity index is 659. The number of hydrogen-bond acceptors (Lipinski definition) is 4. The third-order valence-electron chi connectivity index (χ3n) is 2.48. The molecule has 1 aromatic heterocycles. The van der Waals surface area contributed by atoms with Gasteiger partial charge in [0.05, 0.1) is 10.2 Å². The Kier molecular flexibility index (Phi) is 5.78. The molecule has 0 fully saturated rings. The number of nitrogens with zero attached hydrogens (tertiary/aromatic N) is 1. The summed E-state index contributed by atoms with van der Waals surface area (Å²) < 4.78 is 6.09. The standard InChI is InChI=1S/C14H12BrClN2O2S/c1-9(13-3-2-6-21-13)17-18-14(19)8-20-12-5-4-10(16)7-11(12)15/h2-7H,8H2,1H3,(H,18,19)/b17-9+. The quantitative estimate of drug-likeness (QED) is 0.621. The largest absolute Gasteiger partial charge is 0.483 e. The number of hydrazone groups is 1. The van der Waals surface area contributed by atoms with Gasteiger partial charge >= 0.3 is 0 Å². The molecule has 0 bridgehead atoms. The molecular weight excluding hydrogens is 376 g/mol. The van der Waals surface area contributed by atoms with E-state index < -0.39 is 0 Å². The lowest BCUT2D eigenvalue weighted by molar-refractivity contribution is -0.123. The number of benzene rings is 1. The van der Waals surface area contributed by atoms with Gasteiger partial charge in [-0.3, -0.25) is 4.79 Å². The molecule has 0 saturated carbocycles. The zero-order chi connectivity index (χ0) is 15.2. The van der Waals surface area contributed by atoms with E-state index in [1.165, 1.54) is 0 Å². The number of ether oxygens (including phenoxy) is 1. The molecule has 0 spiro atoms. The van der Waals surface area contributed by atoms with Gasteiger partial charge in [0.25, 0.3) is 5.91 Å². The van der Waals surface area contributed by atoms with Gasteiger partial charge in [-0.1, -0.05) is 17.7 Å². The van der Waals surface area contributed by atoms with Crippen molar-refractivity contribution in [1.82, 2.24) is 5.43 Å². The molecule has 2 rings (SSSR count). The lowest BCUT2D eigenvalue weighted by Gasteiger charge is -2.07. The van der Waals surface area contributed by atoms with Crippen molar-refractivity contribution in [2.75, 3.05) is 6.61 Å². The van der Waals surface area contributed by atoms with Crippen LogP contribution in [-0.2, 0) is 4.79 Å². The molecule has 0 unspecified atom stereocenters. The Hall–Kier alpha value is -1.37. The molecule has 7 heteroatoms. The van der Waals surface area contributed by atoms with Crippen molar-refractivity contribution >= 4 is 50.5 Å². The maximum Gasteiger partial charge on any atom is 0.277 e. The Labute approximate surface area is 139 Å². The highest BCUT2D eigenvalue weighted by molar-refractivity contribution is 9.10. The molecule has 1 heterocycles. The molecule has 0 aliphatic heterocycles. The molecule has 0 atom stereocenters. The Balaban J connectivity index is 1.86. The molecule has 1 amide bonds. The number of nitrogens with one attached hydrogen (secondary N) is 1. The van der Waals surface area contributed by atoms with Gasteiger partial charge in [-0.2, -0.15) is 5.10 Å². The summed E-state index contributed by atoms with van der Waals surface area (Å²) >= 11 is 10.7. The monoisotopic (exact) mass is 386 g/mol. The van der Waals surface area contributed by atoms with Crippen LogP contribution in [0.1, 0.15) is 11.8 Å². The van der Waals surface area contributed by atoms with Crippen LogP contribution >= 0.6 is 38.9 Å². The van der Waals surface area contributed by atoms with Gasteiger partial charge in [0, 0.05) is 9.90 Å². The van der Waals surface area contributed by atoms with Crippen LogP contribution in [0.25, 0.3) is 0 Å². The molecular formula is C14H12BrClN2O2S. The summed E-state index contributed by atoms with van der Waals surface area (Å²) in [5.74, 6) is 0.223. The number of carbonyl (C=O) groups is 1. The van der Waals surface area contributed by atoms with Crippen molar-refractivity contribution in [3.05, 3.63) is 50.1 Å².